The number of hydrogen-bond acceptors (Lipinski definition) is 3. The van der Waals surface area contributed by atoms with Crippen molar-refractivity contribution in [1.29, 1.82) is 0 Å². The van der Waals surface area contributed by atoms with Gasteiger partial charge < -0.3 is 15.2 Å². The largest absolute Gasteiger partial charge is 0.497 e. The molecule has 0 fully saturated rings. The van der Waals surface area contributed by atoms with Crippen LogP contribution >= 0.6 is 0 Å². The topological polar surface area (TPSA) is 44.5 Å². The minimum absolute atomic E-state index is 0.566. The van der Waals surface area contributed by atoms with Crippen molar-refractivity contribution in [2.24, 2.45) is 0 Å². The molecular formula is C17H21NO2. The normalized spacial score (nSPS) is 11.9. The lowest BCUT2D eigenvalue weighted by atomic mass is 9.99. The van der Waals surface area contributed by atoms with E-state index in [1.807, 2.05) is 18.2 Å². The highest BCUT2D eigenvalue weighted by atomic mass is 16.5. The first-order valence-electron chi connectivity index (χ1n) is 6.84. The fourth-order valence-electron chi connectivity index (χ4n) is 2.01. The second-order valence-electron chi connectivity index (χ2n) is 4.92. The highest BCUT2D eigenvalue weighted by Gasteiger charge is 2.05. The molecule has 3 heteroatoms. The number of ether oxygens (including phenoxy) is 2. The molecule has 1 unspecified atom stereocenters. The van der Waals surface area contributed by atoms with Gasteiger partial charge in [-0.2, -0.15) is 0 Å². The quantitative estimate of drug-likeness (QED) is 0.809. The molecule has 0 aliphatic rings. The number of methoxy groups -OCH3 is 1. The molecule has 0 heterocycles. The monoisotopic (exact) mass is 271 g/mol. The molecule has 0 aliphatic heterocycles. The summed E-state index contributed by atoms with van der Waals surface area (Å²) < 4.78 is 11.0. The lowest BCUT2D eigenvalue weighted by molar-refractivity contribution is 0.409. The maximum Gasteiger partial charge on any atom is 0.133 e. The third-order valence-electron chi connectivity index (χ3n) is 3.44. The summed E-state index contributed by atoms with van der Waals surface area (Å²) in [6, 6.07) is 13.5. The summed E-state index contributed by atoms with van der Waals surface area (Å²) in [5.74, 6) is 2.73. The fourth-order valence-corrected chi connectivity index (χ4v) is 2.01. The maximum atomic E-state index is 5.81. The van der Waals surface area contributed by atoms with Gasteiger partial charge in [-0.3, -0.25) is 0 Å². The Bertz CT molecular complexity index is 564. The Labute approximate surface area is 120 Å². The van der Waals surface area contributed by atoms with Gasteiger partial charge in [0.2, 0.25) is 0 Å². The first kappa shape index (κ1) is 14.3. The first-order valence-corrected chi connectivity index (χ1v) is 6.84. The highest BCUT2D eigenvalue weighted by molar-refractivity contribution is 5.51. The Morgan fingerprint density at radius 1 is 1.00 bits per heavy atom. The molecule has 3 nitrogen and oxygen atoms in total. The molecule has 1 atom stereocenters. The van der Waals surface area contributed by atoms with E-state index in [2.05, 4.69) is 26.0 Å². The number of nitrogen functional groups attached to an aromatic ring is 1. The second kappa shape index (κ2) is 6.33. The Hall–Kier alpha value is -2.16. The Kier molecular flexibility index (Phi) is 4.51. The van der Waals surface area contributed by atoms with Crippen LogP contribution in [0.15, 0.2) is 42.5 Å². The van der Waals surface area contributed by atoms with Gasteiger partial charge in [-0.05, 0) is 30.0 Å². The van der Waals surface area contributed by atoms with Crippen LogP contribution in [-0.2, 0) is 0 Å². The van der Waals surface area contributed by atoms with E-state index in [1.165, 1.54) is 5.56 Å². The van der Waals surface area contributed by atoms with Crippen LogP contribution in [0.1, 0.15) is 31.7 Å². The SMILES string of the molecule is CCC(C)c1ccc(Oc2cc(N)cc(OC)c2)cc1. The lowest BCUT2D eigenvalue weighted by Gasteiger charge is -2.11. The summed E-state index contributed by atoms with van der Waals surface area (Å²) in [6.07, 6.45) is 1.13. The Morgan fingerprint density at radius 2 is 1.65 bits per heavy atom. The Morgan fingerprint density at radius 3 is 2.25 bits per heavy atom. The minimum atomic E-state index is 0.566. The van der Waals surface area contributed by atoms with Crippen LogP contribution in [0.5, 0.6) is 17.2 Å². The summed E-state index contributed by atoms with van der Waals surface area (Å²) in [5.41, 5.74) is 7.76. The molecule has 106 valence electrons. The van der Waals surface area contributed by atoms with Crippen molar-refractivity contribution in [3.05, 3.63) is 48.0 Å². The molecular weight excluding hydrogens is 250 g/mol. The van der Waals surface area contributed by atoms with E-state index in [9.17, 15) is 0 Å². The number of nitrogens with two attached hydrogens (primary N) is 1. The molecule has 0 bridgehead atoms. The van der Waals surface area contributed by atoms with Gasteiger partial charge in [-0.1, -0.05) is 26.0 Å². The van der Waals surface area contributed by atoms with Gasteiger partial charge in [0.15, 0.2) is 0 Å². The van der Waals surface area contributed by atoms with Crippen molar-refractivity contribution in [1.82, 2.24) is 0 Å². The Balaban J connectivity index is 2.15. The zero-order valence-corrected chi connectivity index (χ0v) is 12.2. The van der Waals surface area contributed by atoms with Crippen molar-refractivity contribution >= 4 is 5.69 Å². The fraction of sp³-hybridized carbons (Fsp3) is 0.294. The standard InChI is InChI=1S/C17H21NO2/c1-4-12(2)13-5-7-15(8-6-13)20-17-10-14(18)9-16(11-17)19-3/h5-12H,4,18H2,1-3H3. The van der Waals surface area contributed by atoms with Crippen LogP contribution in [0.2, 0.25) is 0 Å². The van der Waals surface area contributed by atoms with Crippen LogP contribution in [0, 0.1) is 0 Å². The summed E-state index contributed by atoms with van der Waals surface area (Å²) in [7, 11) is 1.61. The van der Waals surface area contributed by atoms with Gasteiger partial charge in [-0.25, -0.2) is 0 Å². The molecule has 2 aromatic rings. The summed E-state index contributed by atoms with van der Waals surface area (Å²) in [4.78, 5) is 0. The summed E-state index contributed by atoms with van der Waals surface area (Å²) in [5, 5.41) is 0. The highest BCUT2D eigenvalue weighted by Crippen LogP contribution is 2.29. The van der Waals surface area contributed by atoms with Crippen LogP contribution in [0.25, 0.3) is 0 Å². The zero-order chi connectivity index (χ0) is 14.5. The number of anilines is 1. The van der Waals surface area contributed by atoms with Gasteiger partial charge in [0.25, 0.3) is 0 Å². The van der Waals surface area contributed by atoms with Crippen molar-refractivity contribution in [2.45, 2.75) is 26.2 Å². The number of benzene rings is 2. The first-order chi connectivity index (χ1) is 9.62. The van der Waals surface area contributed by atoms with Crippen molar-refractivity contribution < 1.29 is 9.47 Å². The maximum absolute atomic E-state index is 5.81. The summed E-state index contributed by atoms with van der Waals surface area (Å²) in [6.45, 7) is 4.41. The van der Waals surface area contributed by atoms with Crippen LogP contribution in [0.4, 0.5) is 5.69 Å². The van der Waals surface area contributed by atoms with E-state index < -0.39 is 0 Å². The molecule has 0 aromatic heterocycles. The predicted molar refractivity (Wildman–Crippen MR) is 82.6 cm³/mol. The molecule has 20 heavy (non-hydrogen) atoms. The average Bonchev–Trinajstić information content (AvgIpc) is 2.46. The molecule has 0 spiro atoms. The third-order valence-corrected chi connectivity index (χ3v) is 3.44. The van der Waals surface area contributed by atoms with Gasteiger partial charge >= 0.3 is 0 Å². The number of rotatable bonds is 5. The van der Waals surface area contributed by atoms with E-state index in [0.717, 1.165) is 12.2 Å². The van der Waals surface area contributed by atoms with Crippen LogP contribution < -0.4 is 15.2 Å². The molecule has 2 aromatic carbocycles. The lowest BCUT2D eigenvalue weighted by Crippen LogP contribution is -1.93. The van der Waals surface area contributed by atoms with Gasteiger partial charge in [0.05, 0.1) is 7.11 Å². The average molecular weight is 271 g/mol. The summed E-state index contributed by atoms with van der Waals surface area (Å²) >= 11 is 0. The smallest absolute Gasteiger partial charge is 0.133 e. The predicted octanol–water partition coefficient (Wildman–Crippen LogP) is 4.58. The van der Waals surface area contributed by atoms with E-state index in [1.54, 1.807) is 19.2 Å². The molecule has 0 radical (unpaired) electrons. The molecule has 2 N–H and O–H groups in total. The van der Waals surface area contributed by atoms with Crippen molar-refractivity contribution in [3.63, 3.8) is 0 Å². The van der Waals surface area contributed by atoms with Gasteiger partial charge in [0.1, 0.15) is 17.2 Å². The molecule has 0 aliphatic carbocycles. The molecule has 0 saturated carbocycles. The minimum Gasteiger partial charge on any atom is -0.497 e. The number of hydrogen-bond donors (Lipinski definition) is 1. The zero-order valence-electron chi connectivity index (χ0n) is 12.2. The van der Waals surface area contributed by atoms with E-state index >= 15 is 0 Å². The van der Waals surface area contributed by atoms with Gasteiger partial charge in [-0.15, -0.1) is 0 Å². The van der Waals surface area contributed by atoms with E-state index in [4.69, 9.17) is 15.2 Å². The van der Waals surface area contributed by atoms with Crippen molar-refractivity contribution in [3.8, 4) is 17.2 Å². The van der Waals surface area contributed by atoms with Crippen LogP contribution in [-0.4, -0.2) is 7.11 Å². The molecule has 0 amide bonds. The van der Waals surface area contributed by atoms with Crippen LogP contribution in [0.3, 0.4) is 0 Å². The molecule has 2 rings (SSSR count). The van der Waals surface area contributed by atoms with Crippen molar-refractivity contribution in [2.75, 3.05) is 12.8 Å². The van der Waals surface area contributed by atoms with E-state index in [-0.39, 0.29) is 0 Å². The third kappa shape index (κ3) is 3.44. The molecule has 0 saturated heterocycles. The van der Waals surface area contributed by atoms with Gasteiger partial charge in [0, 0.05) is 23.9 Å². The van der Waals surface area contributed by atoms with E-state index in [0.29, 0.717) is 23.1 Å². The second-order valence-corrected chi connectivity index (χ2v) is 4.92.